The lowest BCUT2D eigenvalue weighted by atomic mass is 9.89. The highest BCUT2D eigenvalue weighted by Gasteiger charge is 2.67. The van der Waals surface area contributed by atoms with Gasteiger partial charge in [0.05, 0.1) is 17.7 Å². The Bertz CT molecular complexity index is 1550. The maximum atomic E-state index is 14.0. The Morgan fingerprint density at radius 1 is 1.07 bits per heavy atom. The molecule has 2 aliphatic rings. The molecule has 1 saturated heterocycles. The normalized spacial score (nSPS) is 25.8. The summed E-state index contributed by atoms with van der Waals surface area (Å²) in [4.78, 5) is 40.9. The Morgan fingerprint density at radius 2 is 1.61 bits per heavy atom. The molecule has 250 valence electrons. The molecule has 1 fully saturated rings. The molecule has 0 aliphatic carbocycles. The van der Waals surface area contributed by atoms with E-state index >= 15 is 0 Å². The van der Waals surface area contributed by atoms with E-state index < -0.39 is 74.5 Å². The second-order valence-corrected chi connectivity index (χ2v) is 26.0. The fourth-order valence-electron chi connectivity index (χ4n) is 4.57. The Morgan fingerprint density at radius 3 is 2.07 bits per heavy atom. The second-order valence-electron chi connectivity index (χ2n) is 15.0. The van der Waals surface area contributed by atoms with Crippen LogP contribution in [0.1, 0.15) is 53.3 Å². The van der Waals surface area contributed by atoms with Gasteiger partial charge < -0.3 is 24.2 Å². The number of aryl methyl sites for hydroxylation is 1. The fourth-order valence-corrected chi connectivity index (χ4v) is 8.08. The second kappa shape index (κ2) is 11.6. The van der Waals surface area contributed by atoms with Crippen LogP contribution in [0.4, 0.5) is 0 Å². The van der Waals surface area contributed by atoms with Crippen LogP contribution in [0.15, 0.2) is 26.9 Å². The number of carbonyl (C=O) groups is 1. The molecule has 0 saturated carbocycles. The van der Waals surface area contributed by atoms with Crippen molar-refractivity contribution in [2.75, 3.05) is 20.7 Å². The number of aromatic nitrogens is 2. The fraction of sp³-hybridized carbons (Fsp3) is 0.750. The molecule has 3 heterocycles. The van der Waals surface area contributed by atoms with Gasteiger partial charge in [-0.2, -0.15) is 8.42 Å². The number of nitrogens with two attached hydrogens (primary N) is 1. The van der Waals surface area contributed by atoms with Gasteiger partial charge in [0.25, 0.3) is 15.7 Å². The van der Waals surface area contributed by atoms with Crippen molar-refractivity contribution in [3.8, 4) is 0 Å². The van der Waals surface area contributed by atoms with Crippen LogP contribution in [0.25, 0.3) is 0 Å². The van der Waals surface area contributed by atoms with Crippen LogP contribution in [0.5, 0.6) is 0 Å². The molecule has 0 radical (unpaired) electrons. The Balaban J connectivity index is 2.31. The number of carbonyl (C=O) groups excluding carboxylic acids is 1. The zero-order valence-corrected chi connectivity index (χ0v) is 31.1. The summed E-state index contributed by atoms with van der Waals surface area (Å²) in [5, 5.41) is 0.328. The summed E-state index contributed by atoms with van der Waals surface area (Å²) < 4.78 is 53.8. The van der Waals surface area contributed by atoms with Gasteiger partial charge in [-0.1, -0.05) is 41.5 Å². The molecular weight excluding hydrogens is 625 g/mol. The van der Waals surface area contributed by atoms with Gasteiger partial charge in [-0.3, -0.25) is 18.7 Å². The first-order valence-electron chi connectivity index (χ1n) is 14.6. The van der Waals surface area contributed by atoms with Crippen LogP contribution in [0, 0.1) is 6.92 Å². The highest BCUT2D eigenvalue weighted by Crippen LogP contribution is 2.52. The van der Waals surface area contributed by atoms with Gasteiger partial charge in [0, 0.05) is 25.9 Å². The van der Waals surface area contributed by atoms with E-state index in [0.717, 1.165) is 9.98 Å². The minimum absolute atomic E-state index is 0.0963. The summed E-state index contributed by atoms with van der Waals surface area (Å²) >= 11 is 0. The third-order valence-electron chi connectivity index (χ3n) is 9.50. The molecule has 4 atom stereocenters. The van der Waals surface area contributed by atoms with Crippen molar-refractivity contribution in [3.63, 3.8) is 0 Å². The largest absolute Gasteiger partial charge is 0.414 e. The smallest absolute Gasteiger partial charge is 0.333 e. The van der Waals surface area contributed by atoms with Crippen LogP contribution in [-0.4, -0.2) is 83.5 Å². The van der Waals surface area contributed by atoms with Gasteiger partial charge in [-0.05, 0) is 43.2 Å². The van der Waals surface area contributed by atoms with E-state index in [-0.39, 0.29) is 27.9 Å². The van der Waals surface area contributed by atoms with Crippen LogP contribution in [-0.2, 0) is 39.2 Å². The summed E-state index contributed by atoms with van der Waals surface area (Å²) in [5.41, 5.74) is 3.24. The maximum absolute atomic E-state index is 14.0. The zero-order valence-electron chi connectivity index (χ0n) is 28.3. The molecule has 1 spiro atoms. The Labute approximate surface area is 262 Å². The number of hydrogen-bond acceptors (Lipinski definition) is 10. The van der Waals surface area contributed by atoms with E-state index in [0.29, 0.717) is 0 Å². The van der Waals surface area contributed by atoms with Crippen LogP contribution in [0.2, 0.25) is 36.3 Å². The number of nitrogens with zero attached hydrogens (tertiary/aromatic N) is 3. The van der Waals surface area contributed by atoms with Crippen molar-refractivity contribution >= 4 is 32.7 Å². The lowest BCUT2D eigenvalue weighted by Gasteiger charge is -2.43. The molecule has 2 aliphatic heterocycles. The molecular formula is C28H50N4O9SSi2. The van der Waals surface area contributed by atoms with Gasteiger partial charge in [-0.25, -0.2) is 8.98 Å². The van der Waals surface area contributed by atoms with E-state index in [4.69, 9.17) is 23.5 Å². The lowest BCUT2D eigenvalue weighted by molar-refractivity contribution is -0.129. The SMILES string of the molecule is Cc1cn([C@@H]2OC(CO[Si](C)(C)C(C)(C)C)C3(OS(=O)(=O)C=C3N)[C@H]2O[Si](C)(C)C(C)(C)C)c(=O)n(CC(=O)N(C)C)c1=O. The first kappa shape index (κ1) is 36.4. The van der Waals surface area contributed by atoms with Crippen molar-refractivity contribution < 1.29 is 31.0 Å². The minimum Gasteiger partial charge on any atom is -0.414 e. The van der Waals surface area contributed by atoms with Crippen molar-refractivity contribution in [1.82, 2.24) is 14.0 Å². The summed E-state index contributed by atoms with van der Waals surface area (Å²) in [6.45, 7) is 21.2. The van der Waals surface area contributed by atoms with Crippen LogP contribution >= 0.6 is 0 Å². The summed E-state index contributed by atoms with van der Waals surface area (Å²) in [6, 6.07) is 0. The van der Waals surface area contributed by atoms with Crippen molar-refractivity contribution in [3.05, 3.63) is 43.7 Å². The first-order chi connectivity index (χ1) is 19.7. The standard InChI is InChI=1S/C28H50N4O9SSi2/c1-18-14-32(25(35)31(23(18)34)15-21(33)30(8)9)24-22(40-44(12,13)27(5,6)7)28(19(29)17-42(36,37)41-28)20(39-24)16-38-43(10,11)26(2,3)4/h14,17,20,22,24H,15-16,29H2,1-13H3/t20?,22-,24+,28?/m0/s1. The van der Waals surface area contributed by atoms with Crippen molar-refractivity contribution in [2.45, 2.75) is 115 Å². The monoisotopic (exact) mass is 674 g/mol. The summed E-state index contributed by atoms with van der Waals surface area (Å²) in [5.74, 6) is -0.461. The van der Waals surface area contributed by atoms with Gasteiger partial charge >= 0.3 is 5.69 Å². The van der Waals surface area contributed by atoms with E-state index in [9.17, 15) is 22.8 Å². The number of ether oxygens (including phenoxy) is 1. The molecule has 44 heavy (non-hydrogen) atoms. The van der Waals surface area contributed by atoms with E-state index in [2.05, 4.69) is 20.8 Å². The average molecular weight is 675 g/mol. The van der Waals surface area contributed by atoms with E-state index in [1.807, 2.05) is 47.0 Å². The van der Waals surface area contributed by atoms with E-state index in [1.54, 1.807) is 0 Å². The van der Waals surface area contributed by atoms with Crippen molar-refractivity contribution in [2.24, 2.45) is 5.73 Å². The van der Waals surface area contributed by atoms with Crippen LogP contribution < -0.4 is 17.0 Å². The summed E-state index contributed by atoms with van der Waals surface area (Å²) in [7, 11) is -6.36. The molecule has 0 bridgehead atoms. The highest BCUT2D eigenvalue weighted by molar-refractivity contribution is 7.90. The Kier molecular flexibility index (Phi) is 9.60. The minimum atomic E-state index is -4.26. The van der Waals surface area contributed by atoms with Crippen LogP contribution in [0.3, 0.4) is 0 Å². The maximum Gasteiger partial charge on any atom is 0.333 e. The molecule has 13 nitrogen and oxygen atoms in total. The molecule has 3 rings (SSSR count). The van der Waals surface area contributed by atoms with Gasteiger partial charge in [0.1, 0.15) is 18.8 Å². The Hall–Kier alpha value is -2.09. The molecule has 2 N–H and O–H groups in total. The summed E-state index contributed by atoms with van der Waals surface area (Å²) in [6.07, 6.45) is -2.30. The average Bonchev–Trinajstić information content (AvgIpc) is 3.27. The topological polar surface area (TPSA) is 161 Å². The molecule has 1 aromatic heterocycles. The molecule has 2 unspecified atom stereocenters. The molecule has 16 heteroatoms. The number of amides is 1. The highest BCUT2D eigenvalue weighted by atomic mass is 32.2. The number of hydrogen-bond donors (Lipinski definition) is 1. The quantitative estimate of drug-likeness (QED) is 0.321. The predicted octanol–water partition coefficient (Wildman–Crippen LogP) is 2.62. The first-order valence-corrected chi connectivity index (χ1v) is 21.9. The third kappa shape index (κ3) is 6.57. The number of rotatable bonds is 8. The zero-order chi connectivity index (χ0) is 34.0. The van der Waals surface area contributed by atoms with Gasteiger partial charge in [-0.15, -0.1) is 0 Å². The van der Waals surface area contributed by atoms with Gasteiger partial charge in [0.15, 0.2) is 28.5 Å². The molecule has 1 amide bonds. The molecule has 0 aromatic carbocycles. The molecule has 1 aromatic rings. The van der Waals surface area contributed by atoms with Crippen molar-refractivity contribution in [1.29, 1.82) is 0 Å². The lowest BCUT2D eigenvalue weighted by Crippen LogP contribution is -2.59. The predicted molar refractivity (Wildman–Crippen MR) is 173 cm³/mol. The number of likely N-dealkylation sites (N-methyl/N-ethyl adjacent to an activating group) is 1. The van der Waals surface area contributed by atoms with Gasteiger partial charge in [0.2, 0.25) is 5.91 Å². The third-order valence-corrected chi connectivity index (χ3v) is 19.5. The van der Waals surface area contributed by atoms with E-state index in [1.165, 1.54) is 36.7 Å².